The molecule has 1 rings (SSSR count). The normalized spacial score (nSPS) is 9.33. The van der Waals surface area contributed by atoms with Crippen molar-refractivity contribution in [2.45, 2.75) is 26.3 Å². The molecule has 0 aliphatic carbocycles. The van der Waals surface area contributed by atoms with Crippen molar-refractivity contribution in [3.05, 3.63) is 30.1 Å². The van der Waals surface area contributed by atoms with Crippen molar-refractivity contribution in [2.24, 2.45) is 0 Å². The zero-order valence-electron chi connectivity index (χ0n) is 7.33. The fourth-order valence-electron chi connectivity index (χ4n) is 1.13. The number of nitriles is 1. The lowest BCUT2D eigenvalue weighted by molar-refractivity contribution is -0.697. The Morgan fingerprint density at radius 3 is 3.08 bits per heavy atom. The smallest absolute Gasteiger partial charge is 0.171 e. The summed E-state index contributed by atoms with van der Waals surface area (Å²) in [5.74, 6) is 0. The summed E-state index contributed by atoms with van der Waals surface area (Å²) in [6.07, 6.45) is 5.70. The maximum absolute atomic E-state index is 8.34. The van der Waals surface area contributed by atoms with E-state index in [9.17, 15) is 0 Å². The Kier molecular flexibility index (Phi) is 3.28. The third-order valence-electron chi connectivity index (χ3n) is 1.71. The van der Waals surface area contributed by atoms with E-state index in [1.807, 2.05) is 12.3 Å². The van der Waals surface area contributed by atoms with Crippen molar-refractivity contribution in [2.75, 3.05) is 0 Å². The number of aryl methyl sites for hydroxylation is 2. The van der Waals surface area contributed by atoms with Crippen LogP contribution in [0.25, 0.3) is 0 Å². The highest BCUT2D eigenvalue weighted by molar-refractivity contribution is 5.01. The number of unbranched alkanes of at least 4 members (excludes halogenated alkanes) is 1. The second-order valence-corrected chi connectivity index (χ2v) is 2.88. The summed E-state index contributed by atoms with van der Waals surface area (Å²) in [6, 6.07) is 6.24. The molecule has 2 heteroatoms. The summed E-state index contributed by atoms with van der Waals surface area (Å²) in [6.45, 7) is 3.01. The summed E-state index contributed by atoms with van der Waals surface area (Å²) in [5, 5.41) is 8.34. The van der Waals surface area contributed by atoms with E-state index >= 15 is 0 Å². The van der Waals surface area contributed by atoms with Gasteiger partial charge in [-0.3, -0.25) is 0 Å². The molecule has 2 nitrogen and oxygen atoms in total. The van der Waals surface area contributed by atoms with Crippen molar-refractivity contribution in [3.8, 4) is 6.07 Å². The van der Waals surface area contributed by atoms with Crippen LogP contribution in [0.1, 0.15) is 18.4 Å². The minimum absolute atomic E-state index is 0.640. The average Bonchev–Trinajstić information content (AvgIpc) is 2.05. The number of nitrogens with zero attached hydrogens (tertiary/aromatic N) is 2. The van der Waals surface area contributed by atoms with Crippen molar-refractivity contribution >= 4 is 0 Å². The van der Waals surface area contributed by atoms with Gasteiger partial charge in [0.25, 0.3) is 0 Å². The van der Waals surface area contributed by atoms with Crippen LogP contribution in [0.15, 0.2) is 24.5 Å². The van der Waals surface area contributed by atoms with Gasteiger partial charge in [0.2, 0.25) is 0 Å². The molecule has 62 valence electrons. The SMILES string of the molecule is Cc1ccc[n+](CCCC#N)c1. The fraction of sp³-hybridized carbons (Fsp3) is 0.400. The highest BCUT2D eigenvalue weighted by Gasteiger charge is 1.98. The highest BCUT2D eigenvalue weighted by Crippen LogP contribution is 1.91. The molecule has 12 heavy (non-hydrogen) atoms. The van der Waals surface area contributed by atoms with Gasteiger partial charge in [-0.15, -0.1) is 0 Å². The van der Waals surface area contributed by atoms with Crippen molar-refractivity contribution in [1.82, 2.24) is 0 Å². The molecule has 0 aromatic carbocycles. The number of aromatic nitrogens is 1. The first-order valence-corrected chi connectivity index (χ1v) is 4.15. The van der Waals surface area contributed by atoms with Crippen LogP contribution in [0.2, 0.25) is 0 Å². The molecule has 1 aromatic rings. The molecule has 1 aromatic heterocycles. The average molecular weight is 161 g/mol. The van der Waals surface area contributed by atoms with Crippen LogP contribution in [0.5, 0.6) is 0 Å². The van der Waals surface area contributed by atoms with Crippen LogP contribution in [-0.4, -0.2) is 0 Å². The van der Waals surface area contributed by atoms with Gasteiger partial charge < -0.3 is 0 Å². The van der Waals surface area contributed by atoms with Crippen LogP contribution in [-0.2, 0) is 6.54 Å². The molecular formula is C10H13N2+. The van der Waals surface area contributed by atoms with Gasteiger partial charge >= 0.3 is 0 Å². The third kappa shape index (κ3) is 2.71. The third-order valence-corrected chi connectivity index (χ3v) is 1.71. The van der Waals surface area contributed by atoms with Crippen molar-refractivity contribution in [3.63, 3.8) is 0 Å². The van der Waals surface area contributed by atoms with E-state index < -0.39 is 0 Å². The number of rotatable bonds is 3. The lowest BCUT2D eigenvalue weighted by atomic mass is 10.3. The van der Waals surface area contributed by atoms with Crippen LogP contribution < -0.4 is 4.57 Å². The van der Waals surface area contributed by atoms with E-state index in [2.05, 4.69) is 29.8 Å². The number of pyridine rings is 1. The first kappa shape index (κ1) is 8.73. The summed E-state index contributed by atoms with van der Waals surface area (Å²) >= 11 is 0. The van der Waals surface area contributed by atoms with Gasteiger partial charge in [-0.05, 0) is 13.0 Å². The Morgan fingerprint density at radius 1 is 1.58 bits per heavy atom. The van der Waals surface area contributed by atoms with Crippen molar-refractivity contribution < 1.29 is 4.57 Å². The molecule has 0 radical (unpaired) electrons. The van der Waals surface area contributed by atoms with E-state index in [1.165, 1.54) is 5.56 Å². The molecule has 0 unspecified atom stereocenters. The van der Waals surface area contributed by atoms with Crippen molar-refractivity contribution in [1.29, 1.82) is 5.26 Å². The summed E-state index contributed by atoms with van der Waals surface area (Å²) in [4.78, 5) is 0. The predicted molar refractivity (Wildman–Crippen MR) is 46.2 cm³/mol. The second-order valence-electron chi connectivity index (χ2n) is 2.88. The maximum atomic E-state index is 8.34. The van der Waals surface area contributed by atoms with E-state index in [4.69, 9.17) is 5.26 Å². The molecule has 0 spiro atoms. The Labute approximate surface area is 73.1 Å². The Balaban J connectivity index is 2.48. The minimum atomic E-state index is 0.640. The van der Waals surface area contributed by atoms with Gasteiger partial charge in [0.1, 0.15) is 6.54 Å². The molecule has 0 bridgehead atoms. The first-order valence-electron chi connectivity index (χ1n) is 4.15. The summed E-state index contributed by atoms with van der Waals surface area (Å²) in [7, 11) is 0. The summed E-state index contributed by atoms with van der Waals surface area (Å²) in [5.41, 5.74) is 1.26. The molecule has 0 fully saturated rings. The number of hydrogen-bond acceptors (Lipinski definition) is 1. The topological polar surface area (TPSA) is 27.7 Å². The van der Waals surface area contributed by atoms with Gasteiger partial charge in [-0.25, -0.2) is 4.57 Å². The number of hydrogen-bond donors (Lipinski definition) is 0. The molecule has 0 saturated carbocycles. The molecule has 1 heterocycles. The molecule has 0 saturated heterocycles. The lowest BCUT2D eigenvalue weighted by Gasteiger charge is -1.94. The molecule has 0 aliphatic heterocycles. The van der Waals surface area contributed by atoms with E-state index in [-0.39, 0.29) is 0 Å². The Morgan fingerprint density at radius 2 is 2.42 bits per heavy atom. The maximum Gasteiger partial charge on any atom is 0.171 e. The quantitative estimate of drug-likeness (QED) is 0.488. The van der Waals surface area contributed by atoms with Crippen LogP contribution in [0.3, 0.4) is 0 Å². The standard InChI is InChI=1S/C10H13N2/c1-10-5-4-8-12(9-10)7-3-2-6-11/h4-5,8-9H,2-3,7H2,1H3/q+1. The van der Waals surface area contributed by atoms with E-state index in [1.54, 1.807) is 0 Å². The Bertz CT molecular complexity index is 286. The van der Waals surface area contributed by atoms with E-state index in [0.29, 0.717) is 6.42 Å². The zero-order chi connectivity index (χ0) is 8.81. The van der Waals surface area contributed by atoms with Gasteiger partial charge in [0, 0.05) is 24.5 Å². The predicted octanol–water partition coefficient (Wildman–Crippen LogP) is 1.59. The molecule has 0 aliphatic rings. The summed E-state index contributed by atoms with van der Waals surface area (Å²) < 4.78 is 2.12. The Hall–Kier alpha value is -1.36. The van der Waals surface area contributed by atoms with Gasteiger partial charge in [0.05, 0.1) is 6.07 Å². The zero-order valence-corrected chi connectivity index (χ0v) is 7.33. The van der Waals surface area contributed by atoms with E-state index in [0.717, 1.165) is 13.0 Å². The van der Waals surface area contributed by atoms with Gasteiger partial charge in [-0.1, -0.05) is 0 Å². The molecule has 0 N–H and O–H groups in total. The molecule has 0 atom stereocenters. The van der Waals surface area contributed by atoms with Crippen LogP contribution >= 0.6 is 0 Å². The van der Waals surface area contributed by atoms with Crippen LogP contribution in [0, 0.1) is 18.3 Å². The fourth-order valence-corrected chi connectivity index (χ4v) is 1.13. The molecular weight excluding hydrogens is 148 g/mol. The highest BCUT2D eigenvalue weighted by atomic mass is 14.9. The molecule has 0 amide bonds. The first-order chi connectivity index (χ1) is 5.83. The lowest BCUT2D eigenvalue weighted by Crippen LogP contribution is -2.32. The minimum Gasteiger partial charge on any atom is -0.205 e. The largest absolute Gasteiger partial charge is 0.205 e. The van der Waals surface area contributed by atoms with Gasteiger partial charge in [0.15, 0.2) is 12.4 Å². The monoisotopic (exact) mass is 161 g/mol. The van der Waals surface area contributed by atoms with Gasteiger partial charge in [-0.2, -0.15) is 5.26 Å². The van der Waals surface area contributed by atoms with Crippen LogP contribution in [0.4, 0.5) is 0 Å². The second kappa shape index (κ2) is 4.50.